The van der Waals surface area contributed by atoms with Crippen LogP contribution in [0.2, 0.25) is 0 Å². The number of anilines is 1. The van der Waals surface area contributed by atoms with E-state index in [0.29, 0.717) is 47.6 Å². The Labute approximate surface area is 196 Å². The number of rotatable bonds is 8. The van der Waals surface area contributed by atoms with Crippen molar-refractivity contribution in [3.8, 4) is 11.5 Å². The van der Waals surface area contributed by atoms with Gasteiger partial charge in [-0.15, -0.1) is 12.4 Å². The molecule has 1 aliphatic heterocycles. The molecule has 0 spiro atoms. The molecule has 0 saturated carbocycles. The number of benzene rings is 2. The highest BCUT2D eigenvalue weighted by atomic mass is 35.5. The minimum Gasteiger partial charge on any atom is -0.497 e. The second-order valence-corrected chi connectivity index (χ2v) is 8.06. The SMILES string of the molecule is COc1cccc(OCC(=O)N(CCN2CCOCC2)c2nc3c(F)cccc3s2)c1.Cl. The molecule has 0 N–H and O–H groups in total. The second kappa shape index (κ2) is 11.4. The molecular weight excluding hydrogens is 457 g/mol. The fourth-order valence-corrected chi connectivity index (χ4v) is 4.35. The Morgan fingerprint density at radius 3 is 2.72 bits per heavy atom. The molecule has 7 nitrogen and oxygen atoms in total. The van der Waals surface area contributed by atoms with Crippen LogP contribution in [0.3, 0.4) is 0 Å². The summed E-state index contributed by atoms with van der Waals surface area (Å²) in [6.45, 7) is 3.94. The van der Waals surface area contributed by atoms with Crippen LogP contribution in [-0.4, -0.2) is 68.9 Å². The normalized spacial score (nSPS) is 14.1. The molecule has 0 aliphatic carbocycles. The maximum Gasteiger partial charge on any atom is 0.266 e. The summed E-state index contributed by atoms with van der Waals surface area (Å²) < 4.78 is 31.2. The van der Waals surface area contributed by atoms with Crippen LogP contribution in [0.5, 0.6) is 11.5 Å². The number of para-hydroxylation sites is 1. The molecule has 32 heavy (non-hydrogen) atoms. The Morgan fingerprint density at radius 1 is 1.22 bits per heavy atom. The standard InChI is InChI=1S/C22H24FN3O4S.ClH/c1-28-16-4-2-5-17(14-16)30-15-20(27)26(9-8-25-10-12-29-13-11-25)22-24-21-18(23)6-3-7-19(21)31-22;/h2-7,14H,8-13,15H2,1H3;1H. The number of thiazole rings is 1. The fraction of sp³-hybridized carbons (Fsp3) is 0.364. The molecule has 1 saturated heterocycles. The number of aromatic nitrogens is 1. The van der Waals surface area contributed by atoms with Gasteiger partial charge in [-0.3, -0.25) is 14.6 Å². The summed E-state index contributed by atoms with van der Waals surface area (Å²) >= 11 is 1.30. The predicted octanol–water partition coefficient (Wildman–Crippen LogP) is 3.61. The summed E-state index contributed by atoms with van der Waals surface area (Å²) in [6.07, 6.45) is 0. The average Bonchev–Trinajstić information content (AvgIpc) is 3.24. The third kappa shape index (κ3) is 5.86. The highest BCUT2D eigenvalue weighted by Crippen LogP contribution is 2.30. The van der Waals surface area contributed by atoms with Crippen LogP contribution < -0.4 is 14.4 Å². The topological polar surface area (TPSA) is 64.1 Å². The van der Waals surface area contributed by atoms with Gasteiger partial charge in [0.1, 0.15) is 22.8 Å². The zero-order valence-electron chi connectivity index (χ0n) is 17.7. The second-order valence-electron chi connectivity index (χ2n) is 7.05. The van der Waals surface area contributed by atoms with Crippen molar-refractivity contribution in [2.75, 3.05) is 58.0 Å². The van der Waals surface area contributed by atoms with Crippen molar-refractivity contribution in [2.24, 2.45) is 0 Å². The van der Waals surface area contributed by atoms with Gasteiger partial charge < -0.3 is 14.2 Å². The maximum absolute atomic E-state index is 14.2. The van der Waals surface area contributed by atoms with Gasteiger partial charge in [0.15, 0.2) is 11.7 Å². The Kier molecular flexibility index (Phi) is 8.63. The largest absolute Gasteiger partial charge is 0.497 e. The lowest BCUT2D eigenvalue weighted by atomic mass is 10.3. The number of methoxy groups -OCH3 is 1. The molecule has 1 aliphatic rings. The van der Waals surface area contributed by atoms with Crippen LogP contribution in [0.25, 0.3) is 10.2 Å². The summed E-state index contributed by atoms with van der Waals surface area (Å²) in [7, 11) is 1.57. The number of carbonyl (C=O) groups excluding carboxylic acids is 1. The van der Waals surface area contributed by atoms with E-state index in [-0.39, 0.29) is 30.4 Å². The van der Waals surface area contributed by atoms with E-state index in [1.54, 1.807) is 48.4 Å². The zero-order valence-corrected chi connectivity index (χ0v) is 19.3. The Hall–Kier alpha value is -2.46. The monoisotopic (exact) mass is 481 g/mol. The molecule has 1 fully saturated rings. The summed E-state index contributed by atoms with van der Waals surface area (Å²) in [6, 6.07) is 11.9. The van der Waals surface area contributed by atoms with E-state index in [1.807, 2.05) is 0 Å². The van der Waals surface area contributed by atoms with Crippen LogP contribution in [0.1, 0.15) is 0 Å². The first kappa shape index (κ1) is 24.2. The van der Waals surface area contributed by atoms with E-state index in [2.05, 4.69) is 9.88 Å². The Balaban J connectivity index is 0.00000289. The van der Waals surface area contributed by atoms with E-state index < -0.39 is 5.82 Å². The minimum absolute atomic E-state index is 0. The van der Waals surface area contributed by atoms with Crippen LogP contribution in [0.4, 0.5) is 9.52 Å². The molecule has 0 atom stereocenters. The number of hydrogen-bond acceptors (Lipinski definition) is 7. The van der Waals surface area contributed by atoms with Gasteiger partial charge in [-0.25, -0.2) is 9.37 Å². The number of hydrogen-bond donors (Lipinski definition) is 0. The quantitative estimate of drug-likeness (QED) is 0.490. The van der Waals surface area contributed by atoms with Crippen LogP contribution in [0, 0.1) is 5.82 Å². The third-order valence-corrected chi connectivity index (χ3v) is 6.08. The molecule has 10 heteroatoms. The molecule has 0 unspecified atom stereocenters. The molecule has 4 rings (SSSR count). The van der Waals surface area contributed by atoms with Crippen molar-refractivity contribution < 1.29 is 23.4 Å². The van der Waals surface area contributed by atoms with Crippen LogP contribution in [0.15, 0.2) is 42.5 Å². The van der Waals surface area contributed by atoms with Crippen LogP contribution >= 0.6 is 23.7 Å². The van der Waals surface area contributed by atoms with E-state index in [0.717, 1.165) is 13.1 Å². The molecule has 2 heterocycles. The first-order chi connectivity index (χ1) is 15.1. The summed E-state index contributed by atoms with van der Waals surface area (Å²) in [4.78, 5) is 21.3. The molecule has 1 amide bonds. The number of halogens is 2. The van der Waals surface area contributed by atoms with Crippen molar-refractivity contribution in [3.63, 3.8) is 0 Å². The van der Waals surface area contributed by atoms with Gasteiger partial charge in [0.05, 0.1) is 25.0 Å². The molecule has 2 aromatic carbocycles. The van der Waals surface area contributed by atoms with E-state index >= 15 is 0 Å². The Morgan fingerprint density at radius 2 is 1.97 bits per heavy atom. The Bertz CT molecular complexity index is 1040. The maximum atomic E-state index is 14.2. The first-order valence-corrected chi connectivity index (χ1v) is 10.9. The molecule has 172 valence electrons. The smallest absolute Gasteiger partial charge is 0.266 e. The lowest BCUT2D eigenvalue weighted by Gasteiger charge is -2.29. The van der Waals surface area contributed by atoms with Gasteiger partial charge in [0, 0.05) is 32.2 Å². The number of amides is 1. The van der Waals surface area contributed by atoms with Gasteiger partial charge in [-0.2, -0.15) is 0 Å². The lowest BCUT2D eigenvalue weighted by molar-refractivity contribution is -0.120. The molecule has 3 aromatic rings. The highest BCUT2D eigenvalue weighted by molar-refractivity contribution is 7.22. The van der Waals surface area contributed by atoms with Crippen molar-refractivity contribution in [2.45, 2.75) is 0 Å². The number of ether oxygens (including phenoxy) is 3. The number of nitrogens with zero attached hydrogens (tertiary/aromatic N) is 3. The van der Waals surface area contributed by atoms with Crippen molar-refractivity contribution in [1.82, 2.24) is 9.88 Å². The van der Waals surface area contributed by atoms with Gasteiger partial charge in [-0.1, -0.05) is 23.5 Å². The van der Waals surface area contributed by atoms with E-state index in [1.165, 1.54) is 17.4 Å². The van der Waals surface area contributed by atoms with Gasteiger partial charge >= 0.3 is 0 Å². The molecule has 0 radical (unpaired) electrons. The summed E-state index contributed by atoms with van der Waals surface area (Å²) in [5.41, 5.74) is 0.278. The first-order valence-electron chi connectivity index (χ1n) is 10.1. The fourth-order valence-electron chi connectivity index (χ4n) is 3.33. The average molecular weight is 482 g/mol. The van der Waals surface area contributed by atoms with Crippen LogP contribution in [-0.2, 0) is 9.53 Å². The molecular formula is C22H25ClFN3O4S. The van der Waals surface area contributed by atoms with Gasteiger partial charge in [-0.05, 0) is 24.3 Å². The van der Waals surface area contributed by atoms with E-state index in [4.69, 9.17) is 14.2 Å². The van der Waals surface area contributed by atoms with Crippen molar-refractivity contribution >= 4 is 45.0 Å². The number of carbonyl (C=O) groups is 1. The van der Waals surface area contributed by atoms with Crippen molar-refractivity contribution in [1.29, 1.82) is 0 Å². The van der Waals surface area contributed by atoms with Gasteiger partial charge in [0.25, 0.3) is 5.91 Å². The zero-order chi connectivity index (χ0) is 21.6. The summed E-state index contributed by atoms with van der Waals surface area (Å²) in [5, 5.41) is 0.465. The van der Waals surface area contributed by atoms with Crippen molar-refractivity contribution in [3.05, 3.63) is 48.3 Å². The molecule has 1 aromatic heterocycles. The minimum atomic E-state index is -0.395. The summed E-state index contributed by atoms with van der Waals surface area (Å²) in [5.74, 6) is 0.552. The predicted molar refractivity (Wildman–Crippen MR) is 125 cm³/mol. The number of morpholine rings is 1. The molecule has 0 bridgehead atoms. The third-order valence-electron chi connectivity index (χ3n) is 5.04. The van der Waals surface area contributed by atoms with E-state index in [9.17, 15) is 9.18 Å². The number of fused-ring (bicyclic) bond motifs is 1. The highest BCUT2D eigenvalue weighted by Gasteiger charge is 2.23. The lowest BCUT2D eigenvalue weighted by Crippen LogP contribution is -2.44. The van der Waals surface area contributed by atoms with Gasteiger partial charge in [0.2, 0.25) is 0 Å².